The maximum Gasteiger partial charge on any atom is 0.123 e. The summed E-state index contributed by atoms with van der Waals surface area (Å²) in [7, 11) is 0. The van der Waals surface area contributed by atoms with Crippen LogP contribution in [0.25, 0.3) is 0 Å². The minimum Gasteiger partial charge on any atom is -0.494 e. The van der Waals surface area contributed by atoms with Crippen molar-refractivity contribution in [3.05, 3.63) is 96.1 Å². The third-order valence-electron chi connectivity index (χ3n) is 5.97. The lowest BCUT2D eigenvalue weighted by molar-refractivity contribution is 0.163. The first kappa shape index (κ1) is 20.5. The third-order valence-corrected chi connectivity index (χ3v) is 5.97. The molecule has 2 heterocycles. The molecule has 0 radical (unpaired) electrons. The van der Waals surface area contributed by atoms with E-state index in [2.05, 4.69) is 16.0 Å². The lowest BCUT2D eigenvalue weighted by Crippen LogP contribution is -2.37. The average molecular weight is 405 g/mol. The van der Waals surface area contributed by atoms with Gasteiger partial charge in [0.2, 0.25) is 0 Å². The molecule has 1 aromatic heterocycles. The molecule has 1 fully saturated rings. The van der Waals surface area contributed by atoms with Gasteiger partial charge in [-0.1, -0.05) is 36.4 Å². The molecule has 1 aliphatic rings. The Labute approximate surface area is 178 Å². The highest BCUT2D eigenvalue weighted by atomic mass is 19.1. The monoisotopic (exact) mass is 404 g/mol. The largest absolute Gasteiger partial charge is 0.494 e. The van der Waals surface area contributed by atoms with Crippen LogP contribution in [-0.4, -0.2) is 36.1 Å². The van der Waals surface area contributed by atoms with E-state index in [1.165, 1.54) is 0 Å². The third kappa shape index (κ3) is 5.45. The Bertz CT molecular complexity index is 878. The van der Waals surface area contributed by atoms with E-state index < -0.39 is 0 Å². The first-order chi connectivity index (χ1) is 14.8. The van der Waals surface area contributed by atoms with Gasteiger partial charge in [0.05, 0.1) is 6.61 Å². The number of benzene rings is 2. The lowest BCUT2D eigenvalue weighted by atomic mass is 9.78. The highest BCUT2D eigenvalue weighted by Crippen LogP contribution is 2.37. The van der Waals surface area contributed by atoms with Gasteiger partial charge in [0.1, 0.15) is 11.6 Å². The zero-order valence-corrected chi connectivity index (χ0v) is 17.3. The number of para-hydroxylation sites is 1. The molecule has 3 nitrogen and oxygen atoms in total. The molecule has 30 heavy (non-hydrogen) atoms. The van der Waals surface area contributed by atoms with Crippen molar-refractivity contribution in [2.24, 2.45) is 5.92 Å². The van der Waals surface area contributed by atoms with Crippen LogP contribution < -0.4 is 4.74 Å². The molecule has 156 valence electrons. The van der Waals surface area contributed by atoms with E-state index in [0.29, 0.717) is 5.92 Å². The van der Waals surface area contributed by atoms with Crippen molar-refractivity contribution >= 4 is 0 Å². The fraction of sp³-hybridized carbons (Fsp3) is 0.346. The number of hydrogen-bond donors (Lipinski definition) is 0. The second kappa shape index (κ2) is 10.4. The molecule has 4 rings (SSSR count). The van der Waals surface area contributed by atoms with Crippen molar-refractivity contribution in [3.8, 4) is 5.75 Å². The van der Waals surface area contributed by atoms with E-state index in [9.17, 15) is 4.39 Å². The molecule has 0 N–H and O–H groups in total. The Morgan fingerprint density at radius 3 is 2.37 bits per heavy atom. The van der Waals surface area contributed by atoms with Crippen LogP contribution in [0.5, 0.6) is 5.75 Å². The second-order valence-corrected chi connectivity index (χ2v) is 7.98. The summed E-state index contributed by atoms with van der Waals surface area (Å²) in [6, 6.07) is 23.1. The molecule has 3 aromatic rings. The summed E-state index contributed by atoms with van der Waals surface area (Å²) in [5.74, 6) is 1.48. The molecule has 1 saturated heterocycles. The fourth-order valence-electron chi connectivity index (χ4n) is 4.42. The number of pyridine rings is 1. The first-order valence-electron chi connectivity index (χ1n) is 10.9. The summed E-state index contributed by atoms with van der Waals surface area (Å²) in [6.45, 7) is 3.97. The normalized spacial score (nSPS) is 16.3. The number of hydrogen-bond acceptors (Lipinski definition) is 3. The Balaban J connectivity index is 1.32. The molecule has 4 heteroatoms. The van der Waals surface area contributed by atoms with Crippen LogP contribution in [0.1, 0.15) is 36.4 Å². The molecule has 0 amide bonds. The van der Waals surface area contributed by atoms with Gasteiger partial charge in [-0.2, -0.15) is 0 Å². The van der Waals surface area contributed by atoms with Gasteiger partial charge in [0.25, 0.3) is 0 Å². The maximum absolute atomic E-state index is 13.5. The summed E-state index contributed by atoms with van der Waals surface area (Å²) in [5, 5.41) is 0. The van der Waals surface area contributed by atoms with Crippen LogP contribution in [0.3, 0.4) is 0 Å². The quantitative estimate of drug-likeness (QED) is 0.461. The van der Waals surface area contributed by atoms with Gasteiger partial charge in [0.15, 0.2) is 0 Å². The summed E-state index contributed by atoms with van der Waals surface area (Å²) < 4.78 is 19.3. The summed E-state index contributed by atoms with van der Waals surface area (Å²) in [6.07, 6.45) is 5.13. The molecule has 0 spiro atoms. The van der Waals surface area contributed by atoms with Crippen molar-refractivity contribution < 1.29 is 9.13 Å². The van der Waals surface area contributed by atoms with E-state index in [0.717, 1.165) is 62.5 Å². The predicted octanol–water partition coefficient (Wildman–Crippen LogP) is 5.53. The van der Waals surface area contributed by atoms with E-state index in [4.69, 9.17) is 4.74 Å². The minimum absolute atomic E-state index is 0.189. The van der Waals surface area contributed by atoms with E-state index in [1.807, 2.05) is 60.8 Å². The van der Waals surface area contributed by atoms with Gasteiger partial charge in [-0.3, -0.25) is 4.98 Å². The van der Waals surface area contributed by atoms with Crippen molar-refractivity contribution in [2.75, 3.05) is 26.2 Å². The zero-order chi connectivity index (χ0) is 20.6. The summed E-state index contributed by atoms with van der Waals surface area (Å²) in [5.41, 5.74) is 2.24. The van der Waals surface area contributed by atoms with Crippen molar-refractivity contribution in [1.82, 2.24) is 9.88 Å². The van der Waals surface area contributed by atoms with Crippen molar-refractivity contribution in [1.29, 1.82) is 0 Å². The van der Waals surface area contributed by atoms with Crippen LogP contribution in [-0.2, 0) is 0 Å². The molecule has 1 aliphatic heterocycles. The average Bonchev–Trinajstić information content (AvgIpc) is 2.81. The van der Waals surface area contributed by atoms with Crippen LogP contribution in [0.15, 0.2) is 79.0 Å². The maximum atomic E-state index is 13.5. The number of aromatic nitrogens is 1. The molecule has 0 aliphatic carbocycles. The molecule has 0 saturated carbocycles. The molecule has 1 atom stereocenters. The smallest absolute Gasteiger partial charge is 0.123 e. The molecular weight excluding hydrogens is 375 g/mol. The van der Waals surface area contributed by atoms with E-state index in [1.54, 1.807) is 12.1 Å². The van der Waals surface area contributed by atoms with Gasteiger partial charge in [-0.25, -0.2) is 4.39 Å². The first-order valence-corrected chi connectivity index (χ1v) is 10.9. The van der Waals surface area contributed by atoms with Gasteiger partial charge in [-0.05, 0) is 80.2 Å². The van der Waals surface area contributed by atoms with Gasteiger partial charge < -0.3 is 9.64 Å². The SMILES string of the molecule is Fc1ccc(C(c2ccccn2)C2CCN(CCCOc3ccccc3)CC2)cc1. The van der Waals surface area contributed by atoms with E-state index >= 15 is 0 Å². The second-order valence-electron chi connectivity index (χ2n) is 7.98. The number of rotatable bonds is 8. The van der Waals surface area contributed by atoms with E-state index in [-0.39, 0.29) is 11.7 Å². The Morgan fingerprint density at radius 2 is 1.67 bits per heavy atom. The number of nitrogens with zero attached hydrogens (tertiary/aromatic N) is 2. The Kier molecular flexibility index (Phi) is 7.09. The number of likely N-dealkylation sites (tertiary alicyclic amines) is 1. The zero-order valence-electron chi connectivity index (χ0n) is 17.3. The highest BCUT2D eigenvalue weighted by Gasteiger charge is 2.29. The number of piperidine rings is 1. The van der Waals surface area contributed by atoms with Crippen LogP contribution in [0.2, 0.25) is 0 Å². The van der Waals surface area contributed by atoms with Crippen LogP contribution >= 0.6 is 0 Å². The minimum atomic E-state index is -0.189. The van der Waals surface area contributed by atoms with Crippen LogP contribution in [0, 0.1) is 11.7 Å². The molecule has 0 bridgehead atoms. The predicted molar refractivity (Wildman–Crippen MR) is 118 cm³/mol. The summed E-state index contributed by atoms with van der Waals surface area (Å²) >= 11 is 0. The van der Waals surface area contributed by atoms with Gasteiger partial charge in [-0.15, -0.1) is 0 Å². The van der Waals surface area contributed by atoms with Crippen molar-refractivity contribution in [3.63, 3.8) is 0 Å². The van der Waals surface area contributed by atoms with Gasteiger partial charge in [0, 0.05) is 24.4 Å². The lowest BCUT2D eigenvalue weighted by Gasteiger charge is -2.36. The van der Waals surface area contributed by atoms with Crippen molar-refractivity contribution in [2.45, 2.75) is 25.2 Å². The van der Waals surface area contributed by atoms with Crippen LogP contribution in [0.4, 0.5) is 4.39 Å². The molecule has 2 aromatic carbocycles. The highest BCUT2D eigenvalue weighted by molar-refractivity contribution is 5.30. The number of halogens is 1. The fourth-order valence-corrected chi connectivity index (χ4v) is 4.42. The number of ether oxygens (including phenoxy) is 1. The standard InChI is InChI=1S/C26H29FN2O/c27-23-12-10-21(11-13-23)26(25-9-4-5-16-28-25)22-14-18-29(19-15-22)17-6-20-30-24-7-2-1-3-8-24/h1-5,7-13,16,22,26H,6,14-15,17-20H2. The molecule has 1 unspecified atom stereocenters. The Morgan fingerprint density at radius 1 is 0.933 bits per heavy atom. The topological polar surface area (TPSA) is 25.4 Å². The Hall–Kier alpha value is -2.72. The summed E-state index contributed by atoms with van der Waals surface area (Å²) in [4.78, 5) is 7.17. The van der Waals surface area contributed by atoms with Gasteiger partial charge >= 0.3 is 0 Å². The molecular formula is C26H29FN2O.